The van der Waals surface area contributed by atoms with E-state index >= 15 is 0 Å². The Hall–Kier alpha value is -1.38. The zero-order valence-corrected chi connectivity index (χ0v) is 12.7. The van der Waals surface area contributed by atoms with Gasteiger partial charge in [0.15, 0.2) is 11.5 Å². The largest absolute Gasteiger partial charge is 0.490 e. The summed E-state index contributed by atoms with van der Waals surface area (Å²) in [4.78, 5) is 1.11. The van der Waals surface area contributed by atoms with Crippen LogP contribution in [0.1, 0.15) is 26.7 Å². The van der Waals surface area contributed by atoms with Gasteiger partial charge in [0, 0.05) is 16.6 Å². The molecule has 0 saturated heterocycles. The van der Waals surface area contributed by atoms with Crippen molar-refractivity contribution in [3.05, 3.63) is 18.2 Å². The van der Waals surface area contributed by atoms with Gasteiger partial charge in [-0.15, -0.1) is 11.8 Å². The number of hydrogen-bond acceptors (Lipinski definition) is 5. The lowest BCUT2D eigenvalue weighted by atomic mass is 10.00. The topological polar surface area (TPSA) is 68.3 Å². The van der Waals surface area contributed by atoms with Crippen LogP contribution in [0.5, 0.6) is 11.5 Å². The molecule has 0 aromatic heterocycles. The zero-order valence-electron chi connectivity index (χ0n) is 11.9. The standard InChI is InChI=1S/C15H20N2O2S/c1-11(9-15(2,17)10-16)20-12-4-5-13-14(8-12)19-7-3-6-18-13/h4-5,8,11H,3,6-7,9,17H2,1-2H3. The molecule has 2 unspecified atom stereocenters. The first-order chi connectivity index (χ1) is 9.50. The molecule has 20 heavy (non-hydrogen) atoms. The Morgan fingerprint density at radius 1 is 1.40 bits per heavy atom. The third-order valence-corrected chi connectivity index (χ3v) is 4.12. The van der Waals surface area contributed by atoms with Gasteiger partial charge in [-0.3, -0.25) is 0 Å². The molecule has 2 rings (SSSR count). The lowest BCUT2D eigenvalue weighted by molar-refractivity contribution is 0.297. The van der Waals surface area contributed by atoms with Crippen molar-refractivity contribution in [1.82, 2.24) is 0 Å². The van der Waals surface area contributed by atoms with Crippen LogP contribution in [0.25, 0.3) is 0 Å². The normalized spacial score (nSPS) is 18.5. The molecule has 4 nitrogen and oxygen atoms in total. The molecular weight excluding hydrogens is 272 g/mol. The van der Waals surface area contributed by atoms with Crippen molar-refractivity contribution in [3.8, 4) is 17.6 Å². The minimum atomic E-state index is -0.780. The van der Waals surface area contributed by atoms with Gasteiger partial charge in [0.05, 0.1) is 19.3 Å². The van der Waals surface area contributed by atoms with E-state index in [0.717, 1.165) is 22.8 Å². The van der Waals surface area contributed by atoms with Gasteiger partial charge in [0.1, 0.15) is 5.54 Å². The molecular formula is C15H20N2O2S. The summed E-state index contributed by atoms with van der Waals surface area (Å²) in [5, 5.41) is 9.24. The number of hydrogen-bond donors (Lipinski definition) is 1. The molecule has 1 aromatic rings. The van der Waals surface area contributed by atoms with Crippen LogP contribution in [0.3, 0.4) is 0 Å². The summed E-state index contributed by atoms with van der Waals surface area (Å²) < 4.78 is 11.3. The second-order valence-corrected chi connectivity index (χ2v) is 6.83. The van der Waals surface area contributed by atoms with Crippen LogP contribution in [-0.2, 0) is 0 Å². The highest BCUT2D eigenvalue weighted by Gasteiger charge is 2.22. The third-order valence-electron chi connectivity index (χ3n) is 3.02. The SMILES string of the molecule is CC(CC(C)(N)C#N)Sc1ccc2c(c1)OCCCO2. The summed E-state index contributed by atoms with van der Waals surface area (Å²) in [6, 6.07) is 8.11. The summed E-state index contributed by atoms with van der Waals surface area (Å²) >= 11 is 1.70. The maximum absolute atomic E-state index is 8.98. The van der Waals surface area contributed by atoms with Gasteiger partial charge >= 0.3 is 0 Å². The van der Waals surface area contributed by atoms with E-state index in [9.17, 15) is 0 Å². The van der Waals surface area contributed by atoms with Crippen molar-refractivity contribution in [2.75, 3.05) is 13.2 Å². The van der Waals surface area contributed by atoms with E-state index in [1.54, 1.807) is 18.7 Å². The molecule has 1 aliphatic heterocycles. The average Bonchev–Trinajstić information content (AvgIpc) is 2.62. The number of nitriles is 1. The fraction of sp³-hybridized carbons (Fsp3) is 0.533. The Kier molecular flexibility index (Phi) is 4.79. The fourth-order valence-electron chi connectivity index (χ4n) is 2.13. The van der Waals surface area contributed by atoms with Crippen LogP contribution < -0.4 is 15.2 Å². The summed E-state index contributed by atoms with van der Waals surface area (Å²) in [6.07, 6.45) is 1.55. The van der Waals surface area contributed by atoms with Gasteiger partial charge in [0.25, 0.3) is 0 Å². The second-order valence-electron chi connectivity index (χ2n) is 5.32. The van der Waals surface area contributed by atoms with Gasteiger partial charge in [-0.05, 0) is 31.5 Å². The molecule has 2 atom stereocenters. The Morgan fingerprint density at radius 2 is 2.10 bits per heavy atom. The Morgan fingerprint density at radius 3 is 2.80 bits per heavy atom. The maximum Gasteiger partial charge on any atom is 0.162 e. The fourth-order valence-corrected chi connectivity index (χ4v) is 3.35. The van der Waals surface area contributed by atoms with Crippen molar-refractivity contribution in [1.29, 1.82) is 5.26 Å². The van der Waals surface area contributed by atoms with Gasteiger partial charge in [-0.2, -0.15) is 5.26 Å². The highest BCUT2D eigenvalue weighted by atomic mass is 32.2. The molecule has 0 aliphatic carbocycles. The Labute approximate surface area is 124 Å². The van der Waals surface area contributed by atoms with Crippen LogP contribution in [0.15, 0.2) is 23.1 Å². The average molecular weight is 292 g/mol. The maximum atomic E-state index is 8.98. The van der Waals surface area contributed by atoms with Crippen molar-refractivity contribution >= 4 is 11.8 Å². The van der Waals surface area contributed by atoms with Crippen LogP contribution >= 0.6 is 11.8 Å². The van der Waals surface area contributed by atoms with E-state index in [-0.39, 0.29) is 5.25 Å². The van der Waals surface area contributed by atoms with E-state index in [1.807, 2.05) is 18.2 Å². The molecule has 0 fully saturated rings. The van der Waals surface area contributed by atoms with Crippen LogP contribution in [0, 0.1) is 11.3 Å². The first-order valence-electron chi connectivity index (χ1n) is 6.76. The molecule has 1 aromatic carbocycles. The van der Waals surface area contributed by atoms with Crippen molar-refractivity contribution in [2.45, 2.75) is 42.4 Å². The van der Waals surface area contributed by atoms with E-state index in [0.29, 0.717) is 19.6 Å². The molecule has 2 N–H and O–H groups in total. The summed E-state index contributed by atoms with van der Waals surface area (Å²) in [5.74, 6) is 1.61. The van der Waals surface area contributed by atoms with Crippen LogP contribution in [-0.4, -0.2) is 24.0 Å². The van der Waals surface area contributed by atoms with Gasteiger partial charge in [-0.1, -0.05) is 6.92 Å². The molecule has 1 aliphatic rings. The van der Waals surface area contributed by atoms with Gasteiger partial charge < -0.3 is 15.2 Å². The Bertz CT molecular complexity index is 511. The molecule has 0 amide bonds. The summed E-state index contributed by atoms with van der Waals surface area (Å²) in [5.41, 5.74) is 5.10. The van der Waals surface area contributed by atoms with E-state index in [1.165, 1.54) is 0 Å². The van der Waals surface area contributed by atoms with Gasteiger partial charge in [-0.25, -0.2) is 0 Å². The monoisotopic (exact) mass is 292 g/mol. The number of rotatable bonds is 4. The predicted molar refractivity (Wildman–Crippen MR) is 80.2 cm³/mol. The summed E-state index contributed by atoms with van der Waals surface area (Å²) in [6.45, 7) is 5.23. The number of nitrogens with two attached hydrogens (primary N) is 1. The zero-order chi connectivity index (χ0) is 14.6. The lowest BCUT2D eigenvalue weighted by Gasteiger charge is -2.20. The molecule has 0 saturated carbocycles. The van der Waals surface area contributed by atoms with Gasteiger partial charge in [0.2, 0.25) is 0 Å². The molecule has 0 bridgehead atoms. The highest BCUT2D eigenvalue weighted by Crippen LogP contribution is 2.36. The highest BCUT2D eigenvalue weighted by molar-refractivity contribution is 8.00. The second kappa shape index (κ2) is 6.38. The predicted octanol–water partition coefficient (Wildman–Crippen LogP) is 2.96. The van der Waals surface area contributed by atoms with Crippen LogP contribution in [0.2, 0.25) is 0 Å². The first-order valence-corrected chi connectivity index (χ1v) is 7.64. The Balaban J connectivity index is 2.03. The number of fused-ring (bicyclic) bond motifs is 1. The van der Waals surface area contributed by atoms with Crippen molar-refractivity contribution in [3.63, 3.8) is 0 Å². The number of ether oxygens (including phenoxy) is 2. The molecule has 0 radical (unpaired) electrons. The lowest BCUT2D eigenvalue weighted by Crippen LogP contribution is -2.36. The van der Waals surface area contributed by atoms with E-state index in [2.05, 4.69) is 13.0 Å². The minimum absolute atomic E-state index is 0.259. The molecule has 108 valence electrons. The smallest absolute Gasteiger partial charge is 0.162 e. The molecule has 1 heterocycles. The number of nitrogens with zero attached hydrogens (tertiary/aromatic N) is 1. The number of thioether (sulfide) groups is 1. The summed E-state index contributed by atoms with van der Waals surface area (Å²) in [7, 11) is 0. The quantitative estimate of drug-likeness (QED) is 0.864. The first kappa shape index (κ1) is 15.0. The van der Waals surface area contributed by atoms with Crippen LogP contribution in [0.4, 0.5) is 0 Å². The van der Waals surface area contributed by atoms with E-state index < -0.39 is 5.54 Å². The molecule has 0 spiro atoms. The van der Waals surface area contributed by atoms with Crippen molar-refractivity contribution in [2.24, 2.45) is 5.73 Å². The number of benzene rings is 1. The molecule has 5 heteroatoms. The third kappa shape index (κ3) is 4.06. The van der Waals surface area contributed by atoms with E-state index in [4.69, 9.17) is 20.5 Å². The van der Waals surface area contributed by atoms with Crippen molar-refractivity contribution < 1.29 is 9.47 Å². The minimum Gasteiger partial charge on any atom is -0.490 e.